The molecule has 1 atom stereocenters. The quantitative estimate of drug-likeness (QED) is 0.752. The van der Waals surface area contributed by atoms with Crippen molar-refractivity contribution in [1.29, 1.82) is 0 Å². The van der Waals surface area contributed by atoms with E-state index in [1.54, 1.807) is 0 Å². The van der Waals surface area contributed by atoms with Crippen LogP contribution in [0.25, 0.3) is 0 Å². The Morgan fingerprint density at radius 3 is 2.65 bits per heavy atom. The fraction of sp³-hybridized carbons (Fsp3) is 0.533. The molecule has 1 aliphatic rings. The van der Waals surface area contributed by atoms with Gasteiger partial charge in [-0.15, -0.1) is 0 Å². The Morgan fingerprint density at radius 1 is 1.35 bits per heavy atom. The average molecular weight is 282 g/mol. The van der Waals surface area contributed by atoms with Crippen molar-refractivity contribution in [2.24, 2.45) is 0 Å². The Labute approximate surface area is 117 Å². The van der Waals surface area contributed by atoms with E-state index >= 15 is 0 Å². The molecule has 20 heavy (non-hydrogen) atoms. The highest BCUT2D eigenvalue weighted by molar-refractivity contribution is 5.97. The van der Waals surface area contributed by atoms with Crippen LogP contribution in [0, 0.1) is 5.82 Å². The van der Waals surface area contributed by atoms with Gasteiger partial charge in [-0.05, 0) is 25.3 Å². The van der Waals surface area contributed by atoms with Crippen LogP contribution in [-0.4, -0.2) is 32.7 Å². The molecule has 0 radical (unpaired) electrons. The number of halogens is 1. The normalized spacial score (nSPS) is 18.1. The molecule has 1 aromatic rings. The van der Waals surface area contributed by atoms with Gasteiger partial charge in [0.15, 0.2) is 17.3 Å². The fourth-order valence-corrected chi connectivity index (χ4v) is 2.37. The van der Waals surface area contributed by atoms with E-state index in [2.05, 4.69) is 0 Å². The van der Waals surface area contributed by atoms with Crippen LogP contribution in [0.5, 0.6) is 11.5 Å². The van der Waals surface area contributed by atoms with Gasteiger partial charge in [0, 0.05) is 19.1 Å². The van der Waals surface area contributed by atoms with Gasteiger partial charge in [-0.3, -0.25) is 4.79 Å². The third-order valence-corrected chi connectivity index (χ3v) is 3.49. The van der Waals surface area contributed by atoms with E-state index in [1.165, 1.54) is 26.4 Å². The van der Waals surface area contributed by atoms with Crippen molar-refractivity contribution in [1.82, 2.24) is 0 Å². The van der Waals surface area contributed by atoms with Gasteiger partial charge in [0.1, 0.15) is 5.82 Å². The molecule has 1 saturated heterocycles. The van der Waals surface area contributed by atoms with Crippen LogP contribution in [0.2, 0.25) is 0 Å². The second kappa shape index (κ2) is 6.70. The Balaban J connectivity index is 2.08. The number of Topliss-reactive ketones (excluding diaryl/α,β-unsaturated/α-hetero) is 1. The first-order valence-electron chi connectivity index (χ1n) is 6.72. The standard InChI is InChI=1S/C15H19FO4/c1-18-14-8-11(12(16)9-15(14)19-2)13(17)6-5-10-4-3-7-20-10/h8-10H,3-7H2,1-2H3. The second-order valence-electron chi connectivity index (χ2n) is 4.78. The number of ether oxygens (including phenoxy) is 3. The van der Waals surface area contributed by atoms with Crippen LogP contribution in [0.1, 0.15) is 36.0 Å². The van der Waals surface area contributed by atoms with Gasteiger partial charge in [-0.1, -0.05) is 0 Å². The average Bonchev–Trinajstić information content (AvgIpc) is 2.97. The Bertz CT molecular complexity index is 481. The predicted octanol–water partition coefficient (Wildman–Crippen LogP) is 2.98. The maximum Gasteiger partial charge on any atom is 0.166 e. The molecule has 1 heterocycles. The SMILES string of the molecule is COc1cc(F)c(C(=O)CCC2CCCO2)cc1OC. The van der Waals surface area contributed by atoms with Crippen LogP contribution in [0.4, 0.5) is 4.39 Å². The maximum absolute atomic E-state index is 13.9. The molecular formula is C15H19FO4. The Hall–Kier alpha value is -1.62. The number of rotatable bonds is 6. The summed E-state index contributed by atoms with van der Waals surface area (Å²) in [6, 6.07) is 2.57. The lowest BCUT2D eigenvalue weighted by Gasteiger charge is -2.11. The van der Waals surface area contributed by atoms with Crippen molar-refractivity contribution in [3.63, 3.8) is 0 Å². The molecule has 4 nitrogen and oxygen atoms in total. The van der Waals surface area contributed by atoms with Crippen molar-refractivity contribution >= 4 is 5.78 Å². The number of carbonyl (C=O) groups is 1. The van der Waals surface area contributed by atoms with E-state index < -0.39 is 5.82 Å². The monoisotopic (exact) mass is 282 g/mol. The van der Waals surface area contributed by atoms with Gasteiger partial charge in [-0.2, -0.15) is 0 Å². The molecule has 1 fully saturated rings. The minimum atomic E-state index is -0.583. The minimum absolute atomic E-state index is 0.0423. The molecular weight excluding hydrogens is 263 g/mol. The summed E-state index contributed by atoms with van der Waals surface area (Å²) >= 11 is 0. The molecule has 0 bridgehead atoms. The van der Waals surface area contributed by atoms with E-state index in [0.29, 0.717) is 12.2 Å². The van der Waals surface area contributed by atoms with Crippen LogP contribution in [-0.2, 0) is 4.74 Å². The van der Waals surface area contributed by atoms with Crippen molar-refractivity contribution in [3.8, 4) is 11.5 Å². The van der Waals surface area contributed by atoms with E-state index in [9.17, 15) is 9.18 Å². The second-order valence-corrected chi connectivity index (χ2v) is 4.78. The summed E-state index contributed by atoms with van der Waals surface area (Å²) in [7, 11) is 2.88. The van der Waals surface area contributed by atoms with Gasteiger partial charge in [0.2, 0.25) is 0 Å². The van der Waals surface area contributed by atoms with E-state index in [-0.39, 0.29) is 29.6 Å². The fourth-order valence-electron chi connectivity index (χ4n) is 2.37. The number of benzene rings is 1. The van der Waals surface area contributed by atoms with Crippen LogP contribution in [0.15, 0.2) is 12.1 Å². The Morgan fingerprint density at radius 2 is 2.05 bits per heavy atom. The topological polar surface area (TPSA) is 44.8 Å². The summed E-state index contributed by atoms with van der Waals surface area (Å²) in [6.45, 7) is 0.754. The Kier molecular flexibility index (Phi) is 4.95. The number of ketones is 1. The first kappa shape index (κ1) is 14.8. The smallest absolute Gasteiger partial charge is 0.166 e. The largest absolute Gasteiger partial charge is 0.493 e. The third-order valence-electron chi connectivity index (χ3n) is 3.49. The van der Waals surface area contributed by atoms with Gasteiger partial charge < -0.3 is 14.2 Å². The number of hydrogen-bond donors (Lipinski definition) is 0. The summed E-state index contributed by atoms with van der Waals surface area (Å²) < 4.78 is 29.5. The predicted molar refractivity (Wildman–Crippen MR) is 72.0 cm³/mol. The van der Waals surface area contributed by atoms with Crippen molar-refractivity contribution in [2.45, 2.75) is 31.8 Å². The molecule has 0 aliphatic carbocycles. The maximum atomic E-state index is 13.9. The summed E-state index contributed by atoms with van der Waals surface area (Å²) in [6.07, 6.45) is 3.04. The zero-order chi connectivity index (χ0) is 14.5. The zero-order valence-electron chi connectivity index (χ0n) is 11.8. The van der Waals surface area contributed by atoms with Crippen LogP contribution < -0.4 is 9.47 Å². The summed E-state index contributed by atoms with van der Waals surface area (Å²) in [5.74, 6) is -0.186. The number of carbonyl (C=O) groups excluding carboxylic acids is 1. The highest BCUT2D eigenvalue weighted by atomic mass is 19.1. The lowest BCUT2D eigenvalue weighted by atomic mass is 10.0. The molecule has 0 spiro atoms. The van der Waals surface area contributed by atoms with Crippen molar-refractivity contribution < 1.29 is 23.4 Å². The zero-order valence-corrected chi connectivity index (χ0v) is 11.8. The summed E-state index contributed by atoms with van der Waals surface area (Å²) in [5.41, 5.74) is 0.0423. The molecule has 2 rings (SSSR count). The van der Waals surface area contributed by atoms with Gasteiger partial charge in [-0.25, -0.2) is 4.39 Å². The van der Waals surface area contributed by atoms with Gasteiger partial charge >= 0.3 is 0 Å². The molecule has 1 unspecified atom stereocenters. The number of hydrogen-bond acceptors (Lipinski definition) is 4. The molecule has 0 amide bonds. The van der Waals surface area contributed by atoms with E-state index in [4.69, 9.17) is 14.2 Å². The highest BCUT2D eigenvalue weighted by Crippen LogP contribution is 2.30. The molecule has 0 N–H and O–H groups in total. The molecule has 1 aromatic carbocycles. The van der Waals surface area contributed by atoms with Gasteiger partial charge in [0.05, 0.1) is 25.9 Å². The lowest BCUT2D eigenvalue weighted by Crippen LogP contribution is -2.10. The summed E-state index contributed by atoms with van der Waals surface area (Å²) in [4.78, 5) is 12.1. The van der Waals surface area contributed by atoms with Gasteiger partial charge in [0.25, 0.3) is 0 Å². The van der Waals surface area contributed by atoms with E-state index in [1.807, 2.05) is 0 Å². The lowest BCUT2D eigenvalue weighted by molar-refractivity contribution is 0.0856. The van der Waals surface area contributed by atoms with Crippen molar-refractivity contribution in [3.05, 3.63) is 23.5 Å². The molecule has 1 aliphatic heterocycles. The van der Waals surface area contributed by atoms with E-state index in [0.717, 1.165) is 19.4 Å². The third kappa shape index (κ3) is 3.28. The first-order chi connectivity index (χ1) is 9.65. The minimum Gasteiger partial charge on any atom is -0.493 e. The molecule has 110 valence electrons. The molecule has 0 saturated carbocycles. The number of methoxy groups -OCH3 is 2. The first-order valence-corrected chi connectivity index (χ1v) is 6.72. The highest BCUT2D eigenvalue weighted by Gasteiger charge is 2.20. The summed E-state index contributed by atoms with van der Waals surface area (Å²) in [5, 5.41) is 0. The molecule has 5 heteroatoms. The molecule has 0 aromatic heterocycles. The van der Waals surface area contributed by atoms with Crippen molar-refractivity contribution in [2.75, 3.05) is 20.8 Å². The van der Waals surface area contributed by atoms with Crippen LogP contribution in [0.3, 0.4) is 0 Å². The van der Waals surface area contributed by atoms with Crippen LogP contribution >= 0.6 is 0 Å².